The van der Waals surface area contributed by atoms with Crippen molar-refractivity contribution in [1.29, 1.82) is 0 Å². The average molecular weight is 442 g/mol. The second-order valence-corrected chi connectivity index (χ2v) is 8.71. The van der Waals surface area contributed by atoms with E-state index in [1.165, 1.54) is 0 Å². The Hall–Kier alpha value is -3.94. The van der Waals surface area contributed by atoms with Gasteiger partial charge in [0, 0.05) is 49.2 Å². The number of aryl methyl sites for hydroxylation is 1. The molecule has 168 valence electrons. The number of benzene rings is 2. The van der Waals surface area contributed by atoms with Gasteiger partial charge < -0.3 is 15.1 Å². The molecule has 1 N–H and O–H groups in total. The predicted molar refractivity (Wildman–Crippen MR) is 132 cm³/mol. The fraction of sp³-hybridized carbons (Fsp3) is 0.280. The minimum absolute atomic E-state index is 0.0949. The fourth-order valence-electron chi connectivity index (χ4n) is 4.63. The number of carbonyl (C=O) groups excluding carboxylic acids is 1. The molecule has 1 atom stereocenters. The van der Waals surface area contributed by atoms with Gasteiger partial charge in [0.25, 0.3) is 0 Å². The Bertz CT molecular complexity index is 1360. The number of carbonyl (C=O) groups is 1. The van der Waals surface area contributed by atoms with E-state index in [1.807, 2.05) is 68.3 Å². The van der Waals surface area contributed by atoms with Crippen molar-refractivity contribution in [2.45, 2.75) is 32.9 Å². The lowest BCUT2D eigenvalue weighted by molar-refractivity contribution is -0.119. The van der Waals surface area contributed by atoms with Crippen LogP contribution in [0.2, 0.25) is 0 Å². The molecule has 2 aromatic heterocycles. The van der Waals surface area contributed by atoms with Crippen molar-refractivity contribution >= 4 is 39.8 Å². The molecule has 1 aliphatic heterocycles. The van der Waals surface area contributed by atoms with Gasteiger partial charge in [-0.25, -0.2) is 9.97 Å². The van der Waals surface area contributed by atoms with Gasteiger partial charge >= 0.3 is 0 Å². The SMILES string of the molecule is CC(C)N1c2cc(Nc3nccc(-c4cccc5nn(C)cc45)n3)ccc2N(C)C(=O)C1C. The lowest BCUT2D eigenvalue weighted by atomic mass is 10.0. The topological polar surface area (TPSA) is 79.2 Å². The highest BCUT2D eigenvalue weighted by Crippen LogP contribution is 2.39. The van der Waals surface area contributed by atoms with Crippen molar-refractivity contribution < 1.29 is 4.79 Å². The zero-order valence-electron chi connectivity index (χ0n) is 19.4. The van der Waals surface area contributed by atoms with Crippen molar-refractivity contribution in [3.8, 4) is 11.3 Å². The summed E-state index contributed by atoms with van der Waals surface area (Å²) in [6.07, 6.45) is 3.76. The first-order valence-corrected chi connectivity index (χ1v) is 11.1. The lowest BCUT2D eigenvalue weighted by Crippen LogP contribution is -2.53. The summed E-state index contributed by atoms with van der Waals surface area (Å²) in [5.41, 5.74) is 5.55. The third-order valence-electron chi connectivity index (χ3n) is 6.13. The summed E-state index contributed by atoms with van der Waals surface area (Å²) in [6, 6.07) is 13.9. The summed E-state index contributed by atoms with van der Waals surface area (Å²) in [6.45, 7) is 6.16. The molecule has 0 radical (unpaired) electrons. The van der Waals surface area contributed by atoms with Crippen molar-refractivity contribution in [3.05, 3.63) is 54.9 Å². The first kappa shape index (κ1) is 20.9. The van der Waals surface area contributed by atoms with Gasteiger partial charge in [0.15, 0.2) is 0 Å². The molecule has 0 saturated heterocycles. The van der Waals surface area contributed by atoms with Crippen LogP contribution >= 0.6 is 0 Å². The minimum Gasteiger partial charge on any atom is -0.356 e. The highest BCUT2D eigenvalue weighted by molar-refractivity contribution is 6.05. The number of nitrogens with zero attached hydrogens (tertiary/aromatic N) is 6. The normalized spacial score (nSPS) is 15.9. The van der Waals surface area contributed by atoms with E-state index in [9.17, 15) is 4.79 Å². The minimum atomic E-state index is -0.225. The molecule has 8 heteroatoms. The first-order chi connectivity index (χ1) is 15.8. The van der Waals surface area contributed by atoms with E-state index in [2.05, 4.69) is 40.2 Å². The Morgan fingerprint density at radius 3 is 2.67 bits per heavy atom. The summed E-state index contributed by atoms with van der Waals surface area (Å²) in [5, 5.41) is 8.89. The maximum absolute atomic E-state index is 12.7. The summed E-state index contributed by atoms with van der Waals surface area (Å²) in [5.74, 6) is 0.607. The van der Waals surface area contributed by atoms with Crippen LogP contribution in [-0.2, 0) is 11.8 Å². The first-order valence-electron chi connectivity index (χ1n) is 11.1. The third kappa shape index (κ3) is 3.57. The second-order valence-electron chi connectivity index (χ2n) is 8.71. The molecule has 0 aliphatic carbocycles. The van der Waals surface area contributed by atoms with E-state index in [0.29, 0.717) is 5.95 Å². The van der Waals surface area contributed by atoms with Gasteiger partial charge in [0.2, 0.25) is 11.9 Å². The van der Waals surface area contributed by atoms with Crippen LogP contribution < -0.4 is 15.1 Å². The van der Waals surface area contributed by atoms with Crippen molar-refractivity contribution in [2.24, 2.45) is 7.05 Å². The van der Waals surface area contributed by atoms with E-state index in [0.717, 1.165) is 39.2 Å². The zero-order valence-corrected chi connectivity index (χ0v) is 19.4. The molecule has 0 saturated carbocycles. The molecule has 1 aliphatic rings. The number of aromatic nitrogens is 4. The largest absolute Gasteiger partial charge is 0.356 e. The van der Waals surface area contributed by atoms with Gasteiger partial charge in [0.05, 0.1) is 22.6 Å². The second kappa shape index (κ2) is 7.88. The molecule has 0 fully saturated rings. The highest BCUT2D eigenvalue weighted by atomic mass is 16.2. The van der Waals surface area contributed by atoms with Crippen LogP contribution in [0.25, 0.3) is 22.2 Å². The Balaban J connectivity index is 1.50. The highest BCUT2D eigenvalue weighted by Gasteiger charge is 2.34. The number of hydrogen-bond acceptors (Lipinski definition) is 6. The monoisotopic (exact) mass is 441 g/mol. The maximum Gasteiger partial charge on any atom is 0.249 e. The predicted octanol–water partition coefficient (Wildman–Crippen LogP) is 4.35. The van der Waals surface area contributed by atoms with Crippen LogP contribution in [0.5, 0.6) is 0 Å². The van der Waals surface area contributed by atoms with Gasteiger partial charge in [-0.2, -0.15) is 5.10 Å². The number of rotatable bonds is 4. The molecule has 33 heavy (non-hydrogen) atoms. The van der Waals surface area contributed by atoms with Crippen molar-refractivity contribution in [1.82, 2.24) is 19.7 Å². The zero-order chi connectivity index (χ0) is 23.3. The van der Waals surface area contributed by atoms with Gasteiger partial charge in [-0.1, -0.05) is 12.1 Å². The number of fused-ring (bicyclic) bond motifs is 2. The molecule has 0 bridgehead atoms. The van der Waals surface area contributed by atoms with Gasteiger partial charge in [-0.3, -0.25) is 9.48 Å². The van der Waals surface area contributed by atoms with Crippen molar-refractivity contribution in [3.63, 3.8) is 0 Å². The van der Waals surface area contributed by atoms with Crippen LogP contribution in [0, 0.1) is 0 Å². The molecule has 2 aromatic carbocycles. The standard InChI is InChI=1S/C25H27N7O/c1-15(2)32-16(3)24(33)31(5)22-10-9-17(13-23(22)32)27-25-26-12-11-20(28-25)18-7-6-8-21-19(18)14-30(4)29-21/h6-16H,1-5H3,(H,26,27,28). The van der Waals surface area contributed by atoms with E-state index in [1.54, 1.807) is 11.1 Å². The fourth-order valence-corrected chi connectivity index (χ4v) is 4.63. The lowest BCUT2D eigenvalue weighted by Gasteiger charge is -2.42. The Kier molecular flexibility index (Phi) is 5.00. The third-order valence-corrected chi connectivity index (χ3v) is 6.13. The molecular formula is C25H27N7O. The van der Waals surface area contributed by atoms with E-state index in [-0.39, 0.29) is 18.0 Å². The van der Waals surface area contributed by atoms with Gasteiger partial charge in [-0.05, 0) is 51.1 Å². The number of hydrogen-bond donors (Lipinski definition) is 1. The molecule has 3 heterocycles. The quantitative estimate of drug-likeness (QED) is 0.507. The molecular weight excluding hydrogens is 414 g/mol. The van der Waals surface area contributed by atoms with E-state index in [4.69, 9.17) is 4.98 Å². The molecule has 1 amide bonds. The number of nitrogens with one attached hydrogen (secondary N) is 1. The number of amides is 1. The molecule has 8 nitrogen and oxygen atoms in total. The van der Waals surface area contributed by atoms with Crippen LogP contribution in [-0.4, -0.2) is 44.8 Å². The molecule has 4 aromatic rings. The van der Waals surface area contributed by atoms with Crippen LogP contribution in [0.1, 0.15) is 20.8 Å². The number of likely N-dealkylation sites (N-methyl/N-ethyl adjacent to an activating group) is 1. The summed E-state index contributed by atoms with van der Waals surface area (Å²) in [7, 11) is 3.74. The summed E-state index contributed by atoms with van der Waals surface area (Å²) >= 11 is 0. The number of anilines is 4. The van der Waals surface area contributed by atoms with E-state index < -0.39 is 0 Å². The summed E-state index contributed by atoms with van der Waals surface area (Å²) in [4.78, 5) is 25.8. The van der Waals surface area contributed by atoms with E-state index >= 15 is 0 Å². The Morgan fingerprint density at radius 2 is 1.88 bits per heavy atom. The average Bonchev–Trinajstić information content (AvgIpc) is 3.18. The van der Waals surface area contributed by atoms with Gasteiger partial charge in [-0.15, -0.1) is 0 Å². The molecule has 1 unspecified atom stereocenters. The maximum atomic E-state index is 12.7. The molecule has 5 rings (SSSR count). The summed E-state index contributed by atoms with van der Waals surface area (Å²) < 4.78 is 1.81. The van der Waals surface area contributed by atoms with Crippen LogP contribution in [0.3, 0.4) is 0 Å². The van der Waals surface area contributed by atoms with Gasteiger partial charge in [0.1, 0.15) is 6.04 Å². The van der Waals surface area contributed by atoms with Crippen LogP contribution in [0.15, 0.2) is 54.9 Å². The smallest absolute Gasteiger partial charge is 0.249 e. The van der Waals surface area contributed by atoms with Crippen molar-refractivity contribution in [2.75, 3.05) is 22.2 Å². The Morgan fingerprint density at radius 1 is 1.06 bits per heavy atom. The van der Waals surface area contributed by atoms with Crippen LogP contribution in [0.4, 0.5) is 23.0 Å². The molecule has 0 spiro atoms. The Labute approximate surface area is 192 Å².